The van der Waals surface area contributed by atoms with Gasteiger partial charge < -0.3 is 0 Å². The van der Waals surface area contributed by atoms with Crippen molar-refractivity contribution < 1.29 is 21.1 Å². The minimum absolute atomic E-state index is 0.699. The quantitative estimate of drug-likeness (QED) is 0.151. The Morgan fingerprint density at radius 2 is 0.903 bits per heavy atom. The van der Waals surface area contributed by atoms with Crippen LogP contribution in [0, 0.1) is 5.92 Å². The minimum atomic E-state index is -3.13. The summed E-state index contributed by atoms with van der Waals surface area (Å²) in [6, 6.07) is 0. The van der Waals surface area contributed by atoms with Crippen LogP contribution in [-0.4, -0.2) is 56.0 Å². The van der Waals surface area contributed by atoms with Crippen LogP contribution in [0.3, 0.4) is 0 Å². The second-order valence-corrected chi connectivity index (χ2v) is 14.5. The predicted molar refractivity (Wildman–Crippen MR) is 136 cm³/mol. The van der Waals surface area contributed by atoms with Crippen molar-refractivity contribution in [1.82, 2.24) is 10.1 Å². The van der Waals surface area contributed by atoms with Gasteiger partial charge in [-0.2, -0.15) is 0 Å². The first-order chi connectivity index (χ1) is 15.1. The van der Waals surface area contributed by atoms with E-state index in [2.05, 4.69) is 65.5 Å². The van der Waals surface area contributed by atoms with Crippen LogP contribution in [0.5, 0.6) is 0 Å². The molecule has 188 valence electrons. The van der Waals surface area contributed by atoms with Crippen molar-refractivity contribution >= 4 is 0 Å². The molecule has 4 nitrogen and oxygen atoms in total. The van der Waals surface area contributed by atoms with Crippen LogP contribution in [0.25, 0.3) is 0 Å². The summed E-state index contributed by atoms with van der Waals surface area (Å²) in [5.74, 6) is 0.699. The van der Waals surface area contributed by atoms with Crippen LogP contribution >= 0.6 is 0 Å². The zero-order valence-electron chi connectivity index (χ0n) is 22.8. The Hall–Kier alpha value is 0.554. The summed E-state index contributed by atoms with van der Waals surface area (Å²) in [6.07, 6.45) is 12.4. The third kappa shape index (κ3) is 10.6. The number of unbranched alkanes of at least 4 members (excludes halogenated alkanes) is 1. The van der Waals surface area contributed by atoms with Crippen molar-refractivity contribution in [3.63, 3.8) is 0 Å². The Morgan fingerprint density at radius 3 is 1.16 bits per heavy atom. The topological polar surface area (TPSA) is 19.0 Å². The molecule has 0 aliphatic carbocycles. The molecule has 1 atom stereocenters. The van der Waals surface area contributed by atoms with E-state index in [0.29, 0.717) is 5.92 Å². The van der Waals surface area contributed by atoms with Gasteiger partial charge in [-0.1, -0.05) is 0 Å². The van der Waals surface area contributed by atoms with Crippen molar-refractivity contribution in [2.24, 2.45) is 5.92 Å². The van der Waals surface area contributed by atoms with Gasteiger partial charge in [-0.05, 0) is 0 Å². The van der Waals surface area contributed by atoms with E-state index in [1.807, 2.05) is 0 Å². The summed E-state index contributed by atoms with van der Waals surface area (Å²) < 4.78 is 16.1. The molecule has 0 aromatic heterocycles. The molecule has 0 fully saturated rings. The molecule has 0 N–H and O–H groups in total. The standard InChI is InChI=1S/C8H17O.3C6H14N.Ti/c1-3-5-6-8(4-2)7-9;3*1-3-5-7-6-4-2;/h8H,3-7H2,1-2H3;3*3-6H2,1-2H3;/q4*-1;+4. The molecule has 0 saturated heterocycles. The van der Waals surface area contributed by atoms with E-state index in [9.17, 15) is 0 Å². The third-order valence-electron chi connectivity index (χ3n) is 6.25. The Bertz CT molecular complexity index is 338. The second kappa shape index (κ2) is 20.0. The molecule has 0 radical (unpaired) electrons. The van der Waals surface area contributed by atoms with Gasteiger partial charge in [0.15, 0.2) is 0 Å². The molecule has 31 heavy (non-hydrogen) atoms. The van der Waals surface area contributed by atoms with Crippen LogP contribution in [0.1, 0.15) is 120 Å². The molecule has 0 aromatic rings. The van der Waals surface area contributed by atoms with E-state index in [0.717, 1.165) is 6.61 Å². The molecule has 0 heterocycles. The van der Waals surface area contributed by atoms with Crippen LogP contribution < -0.4 is 0 Å². The molecule has 1 unspecified atom stereocenters. The van der Waals surface area contributed by atoms with Crippen LogP contribution in [0.4, 0.5) is 0 Å². The van der Waals surface area contributed by atoms with Crippen molar-refractivity contribution in [2.75, 3.05) is 45.9 Å². The van der Waals surface area contributed by atoms with E-state index in [4.69, 9.17) is 3.32 Å². The summed E-state index contributed by atoms with van der Waals surface area (Å²) in [7, 11) is 0. The van der Waals surface area contributed by atoms with Gasteiger partial charge in [0.25, 0.3) is 0 Å². The molecule has 0 spiro atoms. The average Bonchev–Trinajstić information content (AvgIpc) is 2.76. The first kappa shape index (κ1) is 31.6. The van der Waals surface area contributed by atoms with Crippen LogP contribution in [0.15, 0.2) is 0 Å². The SMILES string of the molecule is CCCCC(CC)C[O][Ti]([N](CCC)CCC)([N](CCC)CCC)[N](CCC)CCC. The fourth-order valence-corrected chi connectivity index (χ4v) is 13.1. The Morgan fingerprint density at radius 1 is 0.548 bits per heavy atom. The van der Waals surface area contributed by atoms with Crippen molar-refractivity contribution in [1.29, 1.82) is 0 Å². The first-order valence-corrected chi connectivity index (χ1v) is 16.7. The van der Waals surface area contributed by atoms with E-state index in [1.165, 1.54) is 103 Å². The van der Waals surface area contributed by atoms with Crippen LogP contribution in [0.2, 0.25) is 0 Å². The summed E-state index contributed by atoms with van der Waals surface area (Å²) in [4.78, 5) is 0. The van der Waals surface area contributed by atoms with Crippen LogP contribution in [-0.2, 0) is 21.1 Å². The third-order valence-corrected chi connectivity index (χ3v) is 13.1. The van der Waals surface area contributed by atoms with E-state index >= 15 is 0 Å². The zero-order valence-corrected chi connectivity index (χ0v) is 24.4. The van der Waals surface area contributed by atoms with Gasteiger partial charge >= 0.3 is 203 Å². The fourth-order valence-electron chi connectivity index (χ4n) is 4.83. The van der Waals surface area contributed by atoms with E-state index in [1.54, 1.807) is 0 Å². The average molecular weight is 478 g/mol. The first-order valence-electron chi connectivity index (χ1n) is 13.9. The van der Waals surface area contributed by atoms with Gasteiger partial charge in [-0.25, -0.2) is 0 Å². The van der Waals surface area contributed by atoms with Crippen molar-refractivity contribution in [3.05, 3.63) is 0 Å². The molecule has 0 rings (SSSR count). The number of hydrogen-bond donors (Lipinski definition) is 0. The molecule has 0 amide bonds. The summed E-state index contributed by atoms with van der Waals surface area (Å²) >= 11 is -3.13. The van der Waals surface area contributed by atoms with Gasteiger partial charge in [0.2, 0.25) is 0 Å². The zero-order chi connectivity index (χ0) is 23.5. The number of rotatable bonds is 22. The molecular weight excluding hydrogens is 418 g/mol. The van der Waals surface area contributed by atoms with E-state index in [-0.39, 0.29) is 0 Å². The predicted octanol–water partition coefficient (Wildman–Crippen LogP) is 7.40. The summed E-state index contributed by atoms with van der Waals surface area (Å²) in [6.45, 7) is 26.8. The van der Waals surface area contributed by atoms with Crippen molar-refractivity contribution in [2.45, 2.75) is 120 Å². The van der Waals surface area contributed by atoms with Gasteiger partial charge in [-0.15, -0.1) is 0 Å². The van der Waals surface area contributed by atoms with E-state index < -0.39 is 17.7 Å². The summed E-state index contributed by atoms with van der Waals surface area (Å²) in [5.41, 5.74) is 0. The van der Waals surface area contributed by atoms with Gasteiger partial charge in [0.05, 0.1) is 0 Å². The Kier molecular flexibility index (Phi) is 20.3. The Labute approximate surface area is 202 Å². The van der Waals surface area contributed by atoms with Gasteiger partial charge in [0, 0.05) is 0 Å². The maximum atomic E-state index is 7.45. The molecule has 0 aliphatic heterocycles. The molecule has 5 heteroatoms. The molecular formula is C26H59N3OTi. The van der Waals surface area contributed by atoms with Gasteiger partial charge in [-0.3, -0.25) is 0 Å². The Balaban J connectivity index is 6.38. The normalized spacial score (nSPS) is 13.6. The number of nitrogens with zero attached hydrogens (tertiary/aromatic N) is 3. The molecule has 0 aromatic carbocycles. The number of hydrogen-bond acceptors (Lipinski definition) is 4. The van der Waals surface area contributed by atoms with Gasteiger partial charge in [0.1, 0.15) is 0 Å². The molecule has 0 saturated carbocycles. The maximum absolute atomic E-state index is 7.45. The fraction of sp³-hybridized carbons (Fsp3) is 1.00. The second-order valence-electron chi connectivity index (χ2n) is 9.26. The van der Waals surface area contributed by atoms with Crippen molar-refractivity contribution in [3.8, 4) is 0 Å². The molecule has 0 bridgehead atoms. The molecule has 0 aliphatic rings. The monoisotopic (exact) mass is 477 g/mol. The summed E-state index contributed by atoms with van der Waals surface area (Å²) in [5, 5.41) is 0.